The summed E-state index contributed by atoms with van der Waals surface area (Å²) in [6.45, 7) is 5.26. The largest absolute Gasteiger partial charge is 0.489 e. The first-order valence-electron chi connectivity index (χ1n) is 9.79. The fourth-order valence-corrected chi connectivity index (χ4v) is 3.39. The van der Waals surface area contributed by atoms with Crippen LogP contribution in [0.4, 0.5) is 5.95 Å². The fraction of sp³-hybridized carbons (Fsp3) is 0.318. The number of aryl methyl sites for hydroxylation is 1. The average molecular weight is 391 g/mol. The van der Waals surface area contributed by atoms with Gasteiger partial charge in [-0.2, -0.15) is 0 Å². The number of ether oxygens (including phenoxy) is 1. The second-order valence-corrected chi connectivity index (χ2v) is 7.18. The molecule has 29 heavy (non-hydrogen) atoms. The van der Waals surface area contributed by atoms with E-state index in [-0.39, 0.29) is 5.91 Å². The van der Waals surface area contributed by atoms with E-state index in [9.17, 15) is 4.79 Å². The standard InChI is InChI=1S/C22H25N5O2/c1-17-23-24-22(25(17)2)27-14-12-26(13-15-27)21(28)19-10-8-18(9-11-19)16-29-20-6-4-3-5-7-20/h3-11H,12-16H2,1-2H3. The molecule has 1 aliphatic rings. The van der Waals surface area contributed by atoms with Gasteiger partial charge in [-0.25, -0.2) is 0 Å². The molecule has 0 bridgehead atoms. The van der Waals surface area contributed by atoms with Crippen LogP contribution >= 0.6 is 0 Å². The van der Waals surface area contributed by atoms with E-state index >= 15 is 0 Å². The molecule has 1 saturated heterocycles. The van der Waals surface area contributed by atoms with Gasteiger partial charge in [-0.05, 0) is 36.8 Å². The first-order valence-corrected chi connectivity index (χ1v) is 9.79. The van der Waals surface area contributed by atoms with E-state index in [1.165, 1.54) is 0 Å². The number of nitrogens with zero attached hydrogens (tertiary/aromatic N) is 5. The molecule has 0 spiro atoms. The van der Waals surface area contributed by atoms with Gasteiger partial charge in [0.05, 0.1) is 0 Å². The number of benzene rings is 2. The quantitative estimate of drug-likeness (QED) is 0.669. The lowest BCUT2D eigenvalue weighted by molar-refractivity contribution is 0.0746. The summed E-state index contributed by atoms with van der Waals surface area (Å²) >= 11 is 0. The highest BCUT2D eigenvalue weighted by atomic mass is 16.5. The highest BCUT2D eigenvalue weighted by Gasteiger charge is 2.24. The van der Waals surface area contributed by atoms with Gasteiger partial charge in [0, 0.05) is 38.8 Å². The van der Waals surface area contributed by atoms with Crippen LogP contribution in [0.25, 0.3) is 0 Å². The Hall–Kier alpha value is -3.35. The van der Waals surface area contributed by atoms with E-state index in [0.29, 0.717) is 25.3 Å². The zero-order valence-electron chi connectivity index (χ0n) is 16.8. The maximum atomic E-state index is 12.8. The van der Waals surface area contributed by atoms with Crippen molar-refractivity contribution in [2.75, 3.05) is 31.1 Å². The van der Waals surface area contributed by atoms with Crippen LogP contribution < -0.4 is 9.64 Å². The Morgan fingerprint density at radius 2 is 1.66 bits per heavy atom. The average Bonchev–Trinajstić information content (AvgIpc) is 3.11. The number of hydrogen-bond donors (Lipinski definition) is 0. The number of amides is 1. The summed E-state index contributed by atoms with van der Waals surface area (Å²) in [7, 11) is 1.96. The molecule has 1 aromatic heterocycles. The molecule has 4 rings (SSSR count). The third kappa shape index (κ3) is 4.23. The SMILES string of the molecule is Cc1nnc(N2CCN(C(=O)c3ccc(COc4ccccc4)cc3)CC2)n1C. The molecule has 150 valence electrons. The summed E-state index contributed by atoms with van der Waals surface area (Å²) in [5.74, 6) is 2.64. The molecule has 1 fully saturated rings. The molecule has 3 aromatic rings. The van der Waals surface area contributed by atoms with Crippen molar-refractivity contribution in [2.45, 2.75) is 13.5 Å². The van der Waals surface area contributed by atoms with Crippen molar-refractivity contribution >= 4 is 11.9 Å². The zero-order valence-corrected chi connectivity index (χ0v) is 16.8. The molecule has 7 nitrogen and oxygen atoms in total. The number of anilines is 1. The number of carbonyl (C=O) groups is 1. The van der Waals surface area contributed by atoms with Crippen LogP contribution in [0.1, 0.15) is 21.7 Å². The molecule has 2 aromatic carbocycles. The summed E-state index contributed by atoms with van der Waals surface area (Å²) in [5.41, 5.74) is 1.74. The first kappa shape index (κ1) is 19.0. The van der Waals surface area contributed by atoms with Crippen molar-refractivity contribution in [1.82, 2.24) is 19.7 Å². The van der Waals surface area contributed by atoms with E-state index in [1.54, 1.807) is 0 Å². The Kier molecular flexibility index (Phi) is 5.46. The van der Waals surface area contributed by atoms with Gasteiger partial charge in [-0.3, -0.25) is 4.79 Å². The lowest BCUT2D eigenvalue weighted by atomic mass is 10.1. The second-order valence-electron chi connectivity index (χ2n) is 7.18. The maximum absolute atomic E-state index is 12.8. The predicted octanol–water partition coefficient (Wildman–Crippen LogP) is 2.66. The minimum absolute atomic E-state index is 0.0642. The Morgan fingerprint density at radius 1 is 0.966 bits per heavy atom. The van der Waals surface area contributed by atoms with Crippen LogP contribution in [0.15, 0.2) is 54.6 Å². The molecule has 0 radical (unpaired) electrons. The highest BCUT2D eigenvalue weighted by molar-refractivity contribution is 5.94. The molecule has 7 heteroatoms. The molecule has 0 unspecified atom stereocenters. The van der Waals surface area contributed by atoms with Crippen molar-refractivity contribution in [3.63, 3.8) is 0 Å². The number of piperazine rings is 1. The molecular formula is C22H25N5O2. The van der Waals surface area contributed by atoms with Gasteiger partial charge in [-0.15, -0.1) is 10.2 Å². The summed E-state index contributed by atoms with van der Waals surface area (Å²) in [4.78, 5) is 16.9. The molecule has 0 atom stereocenters. The summed E-state index contributed by atoms with van der Waals surface area (Å²) < 4.78 is 7.74. The smallest absolute Gasteiger partial charge is 0.253 e. The van der Waals surface area contributed by atoms with Gasteiger partial charge in [0.2, 0.25) is 5.95 Å². The van der Waals surface area contributed by atoms with E-state index in [0.717, 1.165) is 36.2 Å². The third-order valence-corrected chi connectivity index (χ3v) is 5.27. The predicted molar refractivity (Wildman–Crippen MR) is 111 cm³/mol. The summed E-state index contributed by atoms with van der Waals surface area (Å²) in [6, 6.07) is 17.4. The number of rotatable bonds is 5. The number of carbonyl (C=O) groups excluding carboxylic acids is 1. The lowest BCUT2D eigenvalue weighted by Gasteiger charge is -2.35. The summed E-state index contributed by atoms with van der Waals surface area (Å²) in [6.07, 6.45) is 0. The molecule has 0 N–H and O–H groups in total. The molecule has 1 amide bonds. The monoisotopic (exact) mass is 391 g/mol. The highest BCUT2D eigenvalue weighted by Crippen LogP contribution is 2.17. The Bertz CT molecular complexity index is 961. The Balaban J connectivity index is 1.32. The Morgan fingerprint density at radius 3 is 2.28 bits per heavy atom. The molecule has 2 heterocycles. The topological polar surface area (TPSA) is 63.5 Å². The van der Waals surface area contributed by atoms with Crippen molar-refractivity contribution in [1.29, 1.82) is 0 Å². The number of para-hydroxylation sites is 1. The summed E-state index contributed by atoms with van der Waals surface area (Å²) in [5, 5.41) is 8.36. The van der Waals surface area contributed by atoms with Crippen LogP contribution in [0.5, 0.6) is 5.75 Å². The minimum Gasteiger partial charge on any atom is -0.489 e. The van der Waals surface area contributed by atoms with Gasteiger partial charge < -0.3 is 19.1 Å². The van der Waals surface area contributed by atoms with E-state index in [4.69, 9.17) is 4.74 Å². The third-order valence-electron chi connectivity index (χ3n) is 5.27. The van der Waals surface area contributed by atoms with E-state index in [1.807, 2.05) is 78.0 Å². The molecule has 0 saturated carbocycles. The normalized spacial score (nSPS) is 14.1. The maximum Gasteiger partial charge on any atom is 0.253 e. The fourth-order valence-electron chi connectivity index (χ4n) is 3.39. The number of hydrogen-bond acceptors (Lipinski definition) is 5. The van der Waals surface area contributed by atoms with Gasteiger partial charge in [0.15, 0.2) is 0 Å². The van der Waals surface area contributed by atoms with Crippen molar-refractivity contribution in [3.8, 4) is 5.75 Å². The van der Waals surface area contributed by atoms with Crippen LogP contribution in [0.3, 0.4) is 0 Å². The van der Waals surface area contributed by atoms with Gasteiger partial charge in [0.1, 0.15) is 18.2 Å². The lowest BCUT2D eigenvalue weighted by Crippen LogP contribution is -2.49. The van der Waals surface area contributed by atoms with Gasteiger partial charge >= 0.3 is 0 Å². The van der Waals surface area contributed by atoms with Crippen molar-refractivity contribution in [2.24, 2.45) is 7.05 Å². The molecular weight excluding hydrogens is 366 g/mol. The second kappa shape index (κ2) is 8.34. The zero-order chi connectivity index (χ0) is 20.2. The van der Waals surface area contributed by atoms with E-state index < -0.39 is 0 Å². The molecule has 1 aliphatic heterocycles. The first-order chi connectivity index (χ1) is 14.1. The Labute approximate surface area is 170 Å². The van der Waals surface area contributed by atoms with Crippen molar-refractivity contribution < 1.29 is 9.53 Å². The van der Waals surface area contributed by atoms with Gasteiger partial charge in [-0.1, -0.05) is 30.3 Å². The van der Waals surface area contributed by atoms with Crippen LogP contribution in [0, 0.1) is 6.92 Å². The van der Waals surface area contributed by atoms with E-state index in [2.05, 4.69) is 15.1 Å². The van der Waals surface area contributed by atoms with Crippen molar-refractivity contribution in [3.05, 3.63) is 71.5 Å². The number of aromatic nitrogens is 3. The molecule has 0 aliphatic carbocycles. The minimum atomic E-state index is 0.0642. The van der Waals surface area contributed by atoms with Crippen LogP contribution in [0.2, 0.25) is 0 Å². The van der Waals surface area contributed by atoms with Crippen LogP contribution in [-0.2, 0) is 13.7 Å². The van der Waals surface area contributed by atoms with Crippen LogP contribution in [-0.4, -0.2) is 51.8 Å². The van der Waals surface area contributed by atoms with Gasteiger partial charge in [0.25, 0.3) is 5.91 Å².